The van der Waals surface area contributed by atoms with E-state index in [1.54, 1.807) is 0 Å². The Morgan fingerprint density at radius 2 is 1.76 bits per heavy atom. The number of nitrogens with one attached hydrogen (secondary N) is 1. The SMILES string of the molecule is CC1(C)Cc2cc(-c3ccc(OCCN4CCOCC4)cc3)ccc2C1NC(=O)O[C@H]1CN2CCC1CC2. The van der Waals surface area contributed by atoms with E-state index in [1.807, 2.05) is 0 Å². The summed E-state index contributed by atoms with van der Waals surface area (Å²) in [6.07, 6.45) is 2.95. The van der Waals surface area contributed by atoms with Crippen molar-refractivity contribution in [2.45, 2.75) is 45.3 Å². The van der Waals surface area contributed by atoms with Crippen molar-refractivity contribution in [2.75, 3.05) is 59.1 Å². The van der Waals surface area contributed by atoms with Gasteiger partial charge in [0.2, 0.25) is 0 Å². The highest BCUT2D eigenvalue weighted by Crippen LogP contribution is 2.46. The van der Waals surface area contributed by atoms with Crippen LogP contribution in [0.25, 0.3) is 11.1 Å². The Kier molecular flexibility index (Phi) is 7.34. The van der Waals surface area contributed by atoms with E-state index >= 15 is 0 Å². The fourth-order valence-corrected chi connectivity index (χ4v) is 6.70. The molecule has 0 spiro atoms. The minimum absolute atomic E-state index is 0.0233. The summed E-state index contributed by atoms with van der Waals surface area (Å²) in [6.45, 7) is 12.8. The van der Waals surface area contributed by atoms with E-state index in [-0.39, 0.29) is 23.7 Å². The van der Waals surface area contributed by atoms with Crippen molar-refractivity contribution in [1.29, 1.82) is 0 Å². The first-order valence-corrected chi connectivity index (χ1v) is 14.3. The van der Waals surface area contributed by atoms with Gasteiger partial charge in [0, 0.05) is 26.2 Å². The Hall–Kier alpha value is -2.61. The van der Waals surface area contributed by atoms with Gasteiger partial charge in [0.25, 0.3) is 0 Å². The van der Waals surface area contributed by atoms with Crippen molar-refractivity contribution in [3.63, 3.8) is 0 Å². The first kappa shape index (κ1) is 25.7. The number of rotatable bonds is 7. The van der Waals surface area contributed by atoms with Gasteiger partial charge in [-0.25, -0.2) is 4.79 Å². The third-order valence-corrected chi connectivity index (χ3v) is 8.97. The summed E-state index contributed by atoms with van der Waals surface area (Å²) in [5.74, 6) is 1.41. The quantitative estimate of drug-likeness (QED) is 0.581. The molecular formula is C31H41N3O4. The number of carbonyl (C=O) groups is 1. The first-order valence-electron chi connectivity index (χ1n) is 14.3. The summed E-state index contributed by atoms with van der Waals surface area (Å²) >= 11 is 0. The number of amides is 1. The van der Waals surface area contributed by atoms with Gasteiger partial charge in [0.05, 0.1) is 19.3 Å². The summed E-state index contributed by atoms with van der Waals surface area (Å²) in [5, 5.41) is 3.24. The van der Waals surface area contributed by atoms with Gasteiger partial charge in [0.15, 0.2) is 0 Å². The van der Waals surface area contributed by atoms with Gasteiger partial charge >= 0.3 is 6.09 Å². The fourth-order valence-electron chi connectivity index (χ4n) is 6.70. The van der Waals surface area contributed by atoms with E-state index in [1.165, 1.54) is 22.3 Å². The van der Waals surface area contributed by atoms with Crippen molar-refractivity contribution in [2.24, 2.45) is 11.3 Å². The maximum absolute atomic E-state index is 13.0. The molecule has 4 fully saturated rings. The Bertz CT molecular complexity index is 1120. The van der Waals surface area contributed by atoms with Gasteiger partial charge in [-0.2, -0.15) is 0 Å². The smallest absolute Gasteiger partial charge is 0.407 e. The molecule has 7 nitrogen and oxygen atoms in total. The average Bonchev–Trinajstić information content (AvgIpc) is 3.18. The molecule has 2 aromatic rings. The number of benzene rings is 2. The minimum Gasteiger partial charge on any atom is -0.492 e. The second-order valence-corrected chi connectivity index (χ2v) is 12.1. The van der Waals surface area contributed by atoms with Crippen LogP contribution in [0, 0.1) is 11.3 Å². The molecule has 1 unspecified atom stereocenters. The molecular weight excluding hydrogens is 478 g/mol. The van der Waals surface area contributed by atoms with Crippen LogP contribution in [0.4, 0.5) is 4.79 Å². The highest BCUT2D eigenvalue weighted by Gasteiger charge is 2.42. The van der Waals surface area contributed by atoms with Gasteiger partial charge in [-0.05, 0) is 78.1 Å². The molecule has 38 heavy (non-hydrogen) atoms. The minimum atomic E-state index is -0.275. The van der Waals surface area contributed by atoms with E-state index in [0.717, 1.165) is 77.5 Å². The number of hydrogen-bond acceptors (Lipinski definition) is 6. The van der Waals surface area contributed by atoms with Crippen LogP contribution in [-0.4, -0.2) is 81.1 Å². The normalized spacial score (nSPS) is 28.1. The molecule has 2 atom stereocenters. The maximum atomic E-state index is 13.0. The van der Waals surface area contributed by atoms with Gasteiger partial charge in [-0.1, -0.05) is 44.2 Å². The van der Waals surface area contributed by atoms with Crippen molar-refractivity contribution < 1.29 is 19.0 Å². The molecule has 4 saturated heterocycles. The lowest BCUT2D eigenvalue weighted by Crippen LogP contribution is -2.53. The zero-order chi connectivity index (χ0) is 26.1. The molecule has 204 valence electrons. The monoisotopic (exact) mass is 519 g/mol. The van der Waals surface area contributed by atoms with Crippen molar-refractivity contribution in [3.05, 3.63) is 53.6 Å². The van der Waals surface area contributed by atoms with Gasteiger partial charge in [-0.3, -0.25) is 9.80 Å². The predicted octanol–water partition coefficient (Wildman–Crippen LogP) is 4.51. The van der Waals surface area contributed by atoms with E-state index in [2.05, 4.69) is 71.4 Å². The highest BCUT2D eigenvalue weighted by molar-refractivity contribution is 5.70. The molecule has 7 heteroatoms. The summed E-state index contributed by atoms with van der Waals surface area (Å²) in [4.78, 5) is 17.7. The maximum Gasteiger partial charge on any atom is 0.407 e. The molecule has 0 radical (unpaired) electrons. The molecule has 4 heterocycles. The number of morpholine rings is 1. The van der Waals surface area contributed by atoms with Crippen LogP contribution in [0.1, 0.15) is 43.9 Å². The van der Waals surface area contributed by atoms with Crippen LogP contribution in [-0.2, 0) is 15.9 Å². The predicted molar refractivity (Wildman–Crippen MR) is 147 cm³/mol. The zero-order valence-electron chi connectivity index (χ0n) is 22.8. The Morgan fingerprint density at radius 3 is 2.47 bits per heavy atom. The van der Waals surface area contributed by atoms with Gasteiger partial charge in [0.1, 0.15) is 18.5 Å². The van der Waals surface area contributed by atoms with E-state index in [0.29, 0.717) is 12.5 Å². The molecule has 0 aromatic heterocycles. The second kappa shape index (κ2) is 10.9. The van der Waals surface area contributed by atoms with Gasteiger partial charge in [-0.15, -0.1) is 0 Å². The average molecular weight is 520 g/mol. The summed E-state index contributed by atoms with van der Waals surface area (Å²) in [7, 11) is 0. The summed E-state index contributed by atoms with van der Waals surface area (Å²) < 4.78 is 17.3. The number of fused-ring (bicyclic) bond motifs is 4. The molecule has 2 aromatic carbocycles. The lowest BCUT2D eigenvalue weighted by Gasteiger charge is -2.44. The molecule has 4 aliphatic heterocycles. The van der Waals surface area contributed by atoms with E-state index in [4.69, 9.17) is 14.2 Å². The largest absolute Gasteiger partial charge is 0.492 e. The lowest BCUT2D eigenvalue weighted by atomic mass is 9.85. The lowest BCUT2D eigenvalue weighted by molar-refractivity contribution is -0.0348. The zero-order valence-corrected chi connectivity index (χ0v) is 22.8. The first-order chi connectivity index (χ1) is 18.4. The number of carbonyl (C=O) groups excluding carboxylic acids is 1. The number of piperidine rings is 3. The van der Waals surface area contributed by atoms with Crippen molar-refractivity contribution in [1.82, 2.24) is 15.1 Å². The number of alkyl carbamates (subject to hydrolysis) is 1. The Labute approximate surface area is 226 Å². The standard InChI is InChI=1S/C31H41N3O4/c1-31(2)20-25-19-24(22-3-6-26(7-4-22)37-18-15-33-13-16-36-17-14-33)5-8-27(25)29(31)32-30(35)38-28-21-34-11-9-23(28)10-12-34/h3-8,19,23,28-29H,9-18,20-21H2,1-2H3,(H,32,35)/t28-,29?/m0/s1. The van der Waals surface area contributed by atoms with Crippen LogP contribution < -0.4 is 10.1 Å². The Balaban J connectivity index is 1.07. The van der Waals surface area contributed by atoms with E-state index in [9.17, 15) is 4.79 Å². The molecule has 1 N–H and O–H groups in total. The Morgan fingerprint density at radius 1 is 1.03 bits per heavy atom. The number of nitrogens with zero attached hydrogens (tertiary/aromatic N) is 2. The molecule has 1 aliphatic carbocycles. The van der Waals surface area contributed by atoms with Crippen LogP contribution in [0.3, 0.4) is 0 Å². The molecule has 1 amide bonds. The fraction of sp³-hybridized carbons (Fsp3) is 0.581. The van der Waals surface area contributed by atoms with Crippen molar-refractivity contribution in [3.8, 4) is 16.9 Å². The highest BCUT2D eigenvalue weighted by atomic mass is 16.6. The summed E-state index contributed by atoms with van der Waals surface area (Å²) in [6, 6.07) is 15.0. The van der Waals surface area contributed by atoms with Crippen LogP contribution in [0.5, 0.6) is 5.75 Å². The van der Waals surface area contributed by atoms with Crippen LogP contribution in [0.2, 0.25) is 0 Å². The van der Waals surface area contributed by atoms with Crippen LogP contribution >= 0.6 is 0 Å². The number of ether oxygens (including phenoxy) is 3. The topological polar surface area (TPSA) is 63.3 Å². The molecule has 5 aliphatic rings. The summed E-state index contributed by atoms with van der Waals surface area (Å²) in [5.41, 5.74) is 4.78. The molecule has 2 bridgehead atoms. The van der Waals surface area contributed by atoms with Crippen LogP contribution in [0.15, 0.2) is 42.5 Å². The third kappa shape index (κ3) is 5.56. The molecule has 0 saturated carbocycles. The number of hydrogen-bond donors (Lipinski definition) is 1. The molecule has 7 rings (SSSR count). The second-order valence-electron chi connectivity index (χ2n) is 12.1. The van der Waals surface area contributed by atoms with E-state index < -0.39 is 0 Å². The van der Waals surface area contributed by atoms with Gasteiger partial charge < -0.3 is 19.5 Å². The third-order valence-electron chi connectivity index (χ3n) is 8.97. The van der Waals surface area contributed by atoms with Crippen molar-refractivity contribution >= 4 is 6.09 Å².